The molecule has 16 heavy (non-hydrogen) atoms. The summed E-state index contributed by atoms with van der Waals surface area (Å²) in [6.07, 6.45) is 3.38. The number of rotatable bonds is 2. The third-order valence-corrected chi connectivity index (χ3v) is 2.05. The molecular formula is C12H7N3O. The molecule has 0 fully saturated rings. The Kier molecular flexibility index (Phi) is 2.70. The van der Waals surface area contributed by atoms with Crippen molar-refractivity contribution in [3.63, 3.8) is 0 Å². The first kappa shape index (κ1) is 9.99. The van der Waals surface area contributed by atoms with Crippen molar-refractivity contribution in [1.82, 2.24) is 9.97 Å². The van der Waals surface area contributed by atoms with Crippen molar-refractivity contribution in [2.45, 2.75) is 0 Å². The van der Waals surface area contributed by atoms with Crippen LogP contribution in [0.5, 0.6) is 0 Å². The highest BCUT2D eigenvalue weighted by Crippen LogP contribution is 2.12. The lowest BCUT2D eigenvalue weighted by atomic mass is 10.2. The second kappa shape index (κ2) is 4.32. The summed E-state index contributed by atoms with van der Waals surface area (Å²) in [5.74, 6) is 0. The maximum Gasteiger partial charge on any atom is 0.170 e. The highest BCUT2D eigenvalue weighted by molar-refractivity contribution is 5.84. The highest BCUT2D eigenvalue weighted by Gasteiger charge is 2.04. The number of nitrogens with zero attached hydrogens (tertiary/aromatic N) is 3. The van der Waals surface area contributed by atoms with Gasteiger partial charge in [0.1, 0.15) is 5.69 Å². The maximum absolute atomic E-state index is 10.8. The van der Waals surface area contributed by atoms with E-state index in [1.807, 2.05) is 18.2 Å². The van der Waals surface area contributed by atoms with Crippen LogP contribution in [-0.2, 0) is 0 Å². The van der Waals surface area contributed by atoms with Gasteiger partial charge in [0.2, 0.25) is 0 Å². The van der Waals surface area contributed by atoms with Gasteiger partial charge in [-0.2, -0.15) is 5.26 Å². The first-order valence-corrected chi connectivity index (χ1v) is 4.63. The predicted molar refractivity (Wildman–Crippen MR) is 59.6 cm³/mol. The largest absolute Gasteiger partial charge is 0.296 e. The molecule has 4 heteroatoms. The summed E-state index contributed by atoms with van der Waals surface area (Å²) in [4.78, 5) is 19.2. The van der Waals surface area contributed by atoms with Gasteiger partial charge in [-0.15, -0.1) is 0 Å². The summed E-state index contributed by atoms with van der Waals surface area (Å²) in [6.45, 7) is 0. The summed E-state index contributed by atoms with van der Waals surface area (Å²) in [7, 11) is 0. The molecule has 0 aliphatic heterocycles. The van der Waals surface area contributed by atoms with E-state index in [9.17, 15) is 4.79 Å². The van der Waals surface area contributed by atoms with E-state index in [0.29, 0.717) is 23.0 Å². The van der Waals surface area contributed by atoms with E-state index in [1.54, 1.807) is 12.1 Å². The van der Waals surface area contributed by atoms with Crippen LogP contribution < -0.4 is 0 Å². The summed E-state index contributed by atoms with van der Waals surface area (Å²) in [5, 5.41) is 8.43. The normalized spacial score (nSPS) is 10.4. The van der Waals surface area contributed by atoms with Crippen molar-refractivity contribution in [1.29, 1.82) is 5.26 Å². The van der Waals surface area contributed by atoms with Crippen molar-refractivity contribution < 1.29 is 4.79 Å². The van der Waals surface area contributed by atoms with Gasteiger partial charge in [0.15, 0.2) is 6.29 Å². The van der Waals surface area contributed by atoms with Crippen molar-refractivity contribution >= 4 is 23.4 Å². The van der Waals surface area contributed by atoms with Gasteiger partial charge in [0.25, 0.3) is 0 Å². The monoisotopic (exact) mass is 209 g/mol. The Morgan fingerprint density at radius 3 is 2.31 bits per heavy atom. The topological polar surface area (TPSA) is 66.6 Å². The van der Waals surface area contributed by atoms with Crippen LogP contribution in [0.2, 0.25) is 0 Å². The first-order chi connectivity index (χ1) is 7.85. The number of fused-ring (bicyclic) bond motifs is 1. The van der Waals surface area contributed by atoms with Crippen LogP contribution in [0.25, 0.3) is 17.1 Å². The van der Waals surface area contributed by atoms with Gasteiger partial charge in [-0.25, -0.2) is 9.97 Å². The Bertz CT molecular complexity index is 611. The minimum Gasteiger partial charge on any atom is -0.296 e. The number of nitriles is 1. The molecule has 1 heterocycles. The van der Waals surface area contributed by atoms with Crippen LogP contribution >= 0.6 is 0 Å². The number of benzene rings is 1. The maximum atomic E-state index is 10.8. The molecule has 0 N–H and O–H groups in total. The molecule has 0 unspecified atom stereocenters. The minimum atomic E-state index is 0.241. The highest BCUT2D eigenvalue weighted by atomic mass is 16.1. The number of carbonyl (C=O) groups excluding carboxylic acids is 1. The molecule has 0 radical (unpaired) electrons. The molecule has 0 spiro atoms. The van der Waals surface area contributed by atoms with Gasteiger partial charge in [-0.3, -0.25) is 4.79 Å². The number of aromatic nitrogens is 2. The van der Waals surface area contributed by atoms with Crippen molar-refractivity contribution in [2.24, 2.45) is 0 Å². The van der Waals surface area contributed by atoms with Gasteiger partial charge in [0, 0.05) is 6.08 Å². The first-order valence-electron chi connectivity index (χ1n) is 4.63. The second-order valence-electron chi connectivity index (χ2n) is 3.06. The Morgan fingerprint density at radius 1 is 1.12 bits per heavy atom. The molecule has 76 valence electrons. The molecule has 1 aromatic carbocycles. The zero-order valence-electron chi connectivity index (χ0n) is 8.29. The van der Waals surface area contributed by atoms with E-state index in [2.05, 4.69) is 9.97 Å². The Labute approximate surface area is 91.9 Å². The van der Waals surface area contributed by atoms with E-state index in [-0.39, 0.29) is 5.69 Å². The van der Waals surface area contributed by atoms with Crippen LogP contribution in [0.3, 0.4) is 0 Å². The fourth-order valence-corrected chi connectivity index (χ4v) is 1.35. The lowest BCUT2D eigenvalue weighted by Gasteiger charge is -2.00. The van der Waals surface area contributed by atoms with Gasteiger partial charge in [-0.05, 0) is 18.2 Å². The number of carbonyl (C=O) groups is 1. The Balaban J connectivity index is 2.68. The molecule has 0 bridgehead atoms. The fourth-order valence-electron chi connectivity index (χ4n) is 1.35. The molecule has 2 aromatic rings. The summed E-state index contributed by atoms with van der Waals surface area (Å²) in [5.41, 5.74) is 2.02. The molecule has 0 aliphatic carbocycles. The standard InChI is InChI=1S/C12H7N3O/c13-7-3-6-11-12(8-16)15-10-5-2-1-4-9(10)14-11/h1-6,8H. The quantitative estimate of drug-likeness (QED) is 0.560. The number of allylic oxidation sites excluding steroid dienone is 1. The smallest absolute Gasteiger partial charge is 0.170 e. The van der Waals surface area contributed by atoms with E-state index in [1.165, 1.54) is 12.2 Å². The average Bonchev–Trinajstić information content (AvgIpc) is 2.35. The Morgan fingerprint density at radius 2 is 1.75 bits per heavy atom. The van der Waals surface area contributed by atoms with Crippen molar-refractivity contribution in [3.8, 4) is 6.07 Å². The summed E-state index contributed by atoms with van der Waals surface area (Å²) in [6, 6.07) is 9.11. The third kappa shape index (κ3) is 1.79. The van der Waals surface area contributed by atoms with Crippen LogP contribution in [0.4, 0.5) is 0 Å². The van der Waals surface area contributed by atoms with Crippen LogP contribution in [-0.4, -0.2) is 16.3 Å². The number of hydrogen-bond acceptors (Lipinski definition) is 4. The molecule has 2 rings (SSSR count). The lowest BCUT2D eigenvalue weighted by molar-refractivity contribution is 0.111. The molecule has 0 saturated heterocycles. The summed E-state index contributed by atoms with van der Waals surface area (Å²) < 4.78 is 0. The molecule has 1 aromatic heterocycles. The Hall–Kier alpha value is -2.54. The second-order valence-corrected chi connectivity index (χ2v) is 3.06. The van der Waals surface area contributed by atoms with E-state index >= 15 is 0 Å². The van der Waals surface area contributed by atoms with Gasteiger partial charge in [-0.1, -0.05) is 12.1 Å². The van der Waals surface area contributed by atoms with Crippen molar-refractivity contribution in [2.75, 3.05) is 0 Å². The minimum absolute atomic E-state index is 0.241. The molecule has 0 aliphatic rings. The predicted octanol–water partition coefficient (Wildman–Crippen LogP) is 1.98. The SMILES string of the molecule is N#CC=Cc1nc2ccccc2nc1C=O. The molecule has 0 saturated carbocycles. The average molecular weight is 209 g/mol. The van der Waals surface area contributed by atoms with Gasteiger partial charge < -0.3 is 0 Å². The molecule has 0 amide bonds. The van der Waals surface area contributed by atoms with E-state index in [4.69, 9.17) is 5.26 Å². The van der Waals surface area contributed by atoms with E-state index < -0.39 is 0 Å². The molecule has 0 atom stereocenters. The van der Waals surface area contributed by atoms with Gasteiger partial charge >= 0.3 is 0 Å². The molecule has 4 nitrogen and oxygen atoms in total. The van der Waals surface area contributed by atoms with Crippen LogP contribution in [0.15, 0.2) is 30.3 Å². The lowest BCUT2D eigenvalue weighted by Crippen LogP contribution is -1.96. The van der Waals surface area contributed by atoms with Gasteiger partial charge in [0.05, 0.1) is 22.8 Å². The number of hydrogen-bond donors (Lipinski definition) is 0. The third-order valence-electron chi connectivity index (χ3n) is 2.05. The number of para-hydroxylation sites is 2. The molecular weight excluding hydrogens is 202 g/mol. The van der Waals surface area contributed by atoms with Crippen molar-refractivity contribution in [3.05, 3.63) is 41.7 Å². The van der Waals surface area contributed by atoms with E-state index in [0.717, 1.165) is 0 Å². The number of aldehydes is 1. The fraction of sp³-hybridized carbons (Fsp3) is 0. The zero-order chi connectivity index (χ0) is 11.4. The van der Waals surface area contributed by atoms with Crippen LogP contribution in [0.1, 0.15) is 16.2 Å². The van der Waals surface area contributed by atoms with Crippen LogP contribution in [0, 0.1) is 11.3 Å². The zero-order valence-corrected chi connectivity index (χ0v) is 8.29. The summed E-state index contributed by atoms with van der Waals surface area (Å²) >= 11 is 0.